The highest BCUT2D eigenvalue weighted by molar-refractivity contribution is 7.04. The van der Waals surface area contributed by atoms with Gasteiger partial charge in [-0.15, -0.1) is 0 Å². The number of nitrogens with one attached hydrogen (secondary N) is 1. The SMILES string of the molecule is O=c1[nH]c(=O)n(C2C[C@@H](B(O)Cl)C(CB(O)Cl)O2)cc1C(F)(F)F. The lowest BCUT2D eigenvalue weighted by Gasteiger charge is -2.18. The number of alkyl halides is 3. The van der Waals surface area contributed by atoms with E-state index < -0.39 is 53.8 Å². The van der Waals surface area contributed by atoms with E-state index in [1.807, 2.05) is 0 Å². The summed E-state index contributed by atoms with van der Waals surface area (Å²) < 4.78 is 44.4. The van der Waals surface area contributed by atoms with Crippen LogP contribution in [0.15, 0.2) is 15.8 Å². The quantitative estimate of drug-likeness (QED) is 0.657. The van der Waals surface area contributed by atoms with Crippen LogP contribution in [0.25, 0.3) is 0 Å². The minimum absolute atomic E-state index is 0.109. The van der Waals surface area contributed by atoms with E-state index in [-0.39, 0.29) is 12.7 Å². The Bertz CT molecular complexity index is 711. The number of aromatic nitrogens is 2. The molecule has 2 unspecified atom stereocenters. The van der Waals surface area contributed by atoms with Gasteiger partial charge in [0.05, 0.1) is 6.10 Å². The molecule has 132 valence electrons. The van der Waals surface area contributed by atoms with Gasteiger partial charge in [-0.25, -0.2) is 4.79 Å². The molecule has 1 aromatic rings. The van der Waals surface area contributed by atoms with Crippen LogP contribution in [0.1, 0.15) is 18.2 Å². The van der Waals surface area contributed by atoms with Crippen LogP contribution in [0.2, 0.25) is 12.1 Å². The van der Waals surface area contributed by atoms with Gasteiger partial charge in [0.1, 0.15) is 11.8 Å². The molecule has 0 bridgehead atoms. The molecule has 3 N–H and O–H groups in total. The monoisotopic (exact) mass is 388 g/mol. The summed E-state index contributed by atoms with van der Waals surface area (Å²) in [6.07, 6.45) is -9.72. The van der Waals surface area contributed by atoms with Gasteiger partial charge in [-0.2, -0.15) is 36.1 Å². The average Bonchev–Trinajstić information content (AvgIpc) is 2.80. The third kappa shape index (κ3) is 4.17. The number of nitrogens with zero attached hydrogens (tertiary/aromatic N) is 1. The number of halogens is 5. The molecule has 0 saturated carbocycles. The van der Waals surface area contributed by atoms with Gasteiger partial charge in [0, 0.05) is 12.0 Å². The summed E-state index contributed by atoms with van der Waals surface area (Å²) in [7, 11) is 0. The van der Waals surface area contributed by atoms with Gasteiger partial charge in [0.25, 0.3) is 5.56 Å². The maximum Gasteiger partial charge on any atom is 0.423 e. The lowest BCUT2D eigenvalue weighted by atomic mass is 9.69. The van der Waals surface area contributed by atoms with Crippen molar-refractivity contribution in [3.05, 3.63) is 32.6 Å². The molecule has 1 saturated heterocycles. The molecule has 1 aromatic heterocycles. The van der Waals surface area contributed by atoms with Gasteiger partial charge in [0.15, 0.2) is 0 Å². The number of aromatic amines is 1. The van der Waals surface area contributed by atoms with E-state index in [1.54, 1.807) is 4.98 Å². The van der Waals surface area contributed by atoms with E-state index in [0.29, 0.717) is 10.8 Å². The first-order chi connectivity index (χ1) is 11.0. The molecule has 0 spiro atoms. The van der Waals surface area contributed by atoms with Crippen LogP contribution in [-0.2, 0) is 10.9 Å². The van der Waals surface area contributed by atoms with Gasteiger partial charge in [-0.1, -0.05) is 0 Å². The Balaban J connectivity index is 2.38. The molecule has 2 rings (SSSR count). The molecule has 7 nitrogen and oxygen atoms in total. The van der Waals surface area contributed by atoms with E-state index >= 15 is 0 Å². The van der Waals surface area contributed by atoms with Crippen LogP contribution < -0.4 is 11.2 Å². The molecular weight excluding hydrogens is 378 g/mol. The van der Waals surface area contributed by atoms with E-state index in [4.69, 9.17) is 27.7 Å². The van der Waals surface area contributed by atoms with Gasteiger partial charge >= 0.3 is 24.5 Å². The van der Waals surface area contributed by atoms with Crippen LogP contribution in [0, 0.1) is 0 Å². The fraction of sp³-hybridized carbons (Fsp3) is 0.600. The molecule has 0 radical (unpaired) electrons. The van der Waals surface area contributed by atoms with E-state index in [9.17, 15) is 32.8 Å². The Morgan fingerprint density at radius 2 is 2.00 bits per heavy atom. The zero-order valence-electron chi connectivity index (χ0n) is 11.8. The Morgan fingerprint density at radius 1 is 1.38 bits per heavy atom. The molecule has 14 heteroatoms. The molecule has 24 heavy (non-hydrogen) atoms. The Labute approximate surface area is 143 Å². The van der Waals surface area contributed by atoms with Gasteiger partial charge in [0.2, 0.25) is 0 Å². The molecule has 1 fully saturated rings. The Hall–Kier alpha value is -0.940. The molecular formula is C10H11B2Cl2F3N2O5. The maximum atomic E-state index is 12.8. The van der Waals surface area contributed by atoms with Crippen molar-refractivity contribution in [2.45, 2.75) is 37.1 Å². The smallest absolute Gasteiger partial charge is 0.423 e. The van der Waals surface area contributed by atoms with Gasteiger partial charge < -0.3 is 14.8 Å². The van der Waals surface area contributed by atoms with Crippen molar-refractivity contribution in [3.63, 3.8) is 0 Å². The fourth-order valence-corrected chi connectivity index (χ4v) is 2.98. The fourth-order valence-electron chi connectivity index (χ4n) is 2.53. The minimum atomic E-state index is -4.96. The summed E-state index contributed by atoms with van der Waals surface area (Å²) in [4.78, 5) is 24.7. The third-order valence-electron chi connectivity index (χ3n) is 3.65. The normalized spacial score (nSPS) is 24.2. The van der Waals surface area contributed by atoms with Gasteiger partial charge in [-0.3, -0.25) is 14.3 Å². The largest absolute Gasteiger partial charge is 0.438 e. The van der Waals surface area contributed by atoms with Crippen LogP contribution in [0.4, 0.5) is 13.2 Å². The minimum Gasteiger partial charge on any atom is -0.438 e. The molecule has 3 atom stereocenters. The molecule has 0 amide bonds. The van der Waals surface area contributed by atoms with Crippen molar-refractivity contribution in [2.24, 2.45) is 0 Å². The van der Waals surface area contributed by atoms with Crippen molar-refractivity contribution in [1.29, 1.82) is 0 Å². The highest BCUT2D eigenvalue weighted by Gasteiger charge is 2.44. The number of hydrogen-bond donors (Lipinski definition) is 3. The molecule has 0 aliphatic carbocycles. The van der Waals surface area contributed by atoms with E-state index in [0.717, 1.165) is 0 Å². The first kappa shape index (κ1) is 19.4. The topological polar surface area (TPSA) is 105 Å². The summed E-state index contributed by atoms with van der Waals surface area (Å²) in [5.74, 6) is -0.779. The zero-order valence-corrected chi connectivity index (χ0v) is 13.3. The second-order valence-corrected chi connectivity index (χ2v) is 6.23. The van der Waals surface area contributed by atoms with Crippen molar-refractivity contribution in [3.8, 4) is 0 Å². The maximum absolute atomic E-state index is 12.8. The Morgan fingerprint density at radius 3 is 2.50 bits per heavy atom. The molecule has 1 aliphatic heterocycles. The van der Waals surface area contributed by atoms with Crippen molar-refractivity contribution < 1.29 is 28.0 Å². The van der Waals surface area contributed by atoms with Crippen molar-refractivity contribution >= 4 is 35.6 Å². The molecule has 0 aromatic carbocycles. The lowest BCUT2D eigenvalue weighted by Crippen LogP contribution is -2.36. The van der Waals surface area contributed by atoms with Crippen LogP contribution in [0.5, 0.6) is 0 Å². The molecule has 1 aliphatic rings. The second-order valence-electron chi connectivity index (χ2n) is 5.28. The summed E-state index contributed by atoms with van der Waals surface area (Å²) in [5.41, 5.74) is -4.23. The number of rotatable bonds is 4. The molecule has 2 heterocycles. The average molecular weight is 389 g/mol. The number of ether oxygens (including phenoxy) is 1. The van der Waals surface area contributed by atoms with Crippen LogP contribution in [0.3, 0.4) is 0 Å². The highest BCUT2D eigenvalue weighted by atomic mass is 35.5. The third-order valence-corrected chi connectivity index (χ3v) is 4.15. The first-order valence-corrected chi connectivity index (χ1v) is 7.60. The van der Waals surface area contributed by atoms with Crippen LogP contribution in [-0.4, -0.2) is 38.4 Å². The second kappa shape index (κ2) is 7.12. The summed E-state index contributed by atoms with van der Waals surface area (Å²) in [6.45, 7) is 0. The number of hydrogen-bond acceptors (Lipinski definition) is 5. The van der Waals surface area contributed by atoms with Crippen molar-refractivity contribution in [2.75, 3.05) is 0 Å². The highest BCUT2D eigenvalue weighted by Crippen LogP contribution is 2.41. The Kier molecular flexibility index (Phi) is 5.75. The first-order valence-electron chi connectivity index (χ1n) is 6.73. The summed E-state index contributed by atoms with van der Waals surface area (Å²) in [5, 5.41) is 18.7. The van der Waals surface area contributed by atoms with Gasteiger partial charge in [-0.05, 0) is 12.7 Å². The van der Waals surface area contributed by atoms with E-state index in [2.05, 4.69) is 0 Å². The number of H-pyrrole nitrogens is 1. The predicted molar refractivity (Wildman–Crippen MR) is 81.1 cm³/mol. The summed E-state index contributed by atoms with van der Waals surface area (Å²) >= 11 is 11.1. The van der Waals surface area contributed by atoms with Crippen LogP contribution >= 0.6 is 22.9 Å². The van der Waals surface area contributed by atoms with E-state index in [1.165, 1.54) is 0 Å². The zero-order chi connectivity index (χ0) is 18.2. The van der Waals surface area contributed by atoms with Crippen molar-refractivity contribution in [1.82, 2.24) is 9.55 Å². The predicted octanol–water partition coefficient (Wildman–Crippen LogP) is 0.652. The summed E-state index contributed by atoms with van der Waals surface area (Å²) in [6, 6.07) is 0. The lowest BCUT2D eigenvalue weighted by molar-refractivity contribution is -0.139. The standard InChI is InChI=1S/C10H11B2Cl2F3N2O5/c13-11(22)2-6-5(12(14)23)1-7(24-6)19-3-4(10(15,16)17)8(20)18-9(19)21/h3,5-7,22-23H,1-2H2,(H,18,20,21)/t5-,6?,7?/m1/s1.